The summed E-state index contributed by atoms with van der Waals surface area (Å²) in [5, 5.41) is 18.3. The highest BCUT2D eigenvalue weighted by Crippen LogP contribution is 2.35. The van der Waals surface area contributed by atoms with Crippen molar-refractivity contribution in [2.45, 2.75) is 18.8 Å². The lowest BCUT2D eigenvalue weighted by molar-refractivity contribution is -0.138. The van der Waals surface area contributed by atoms with Gasteiger partial charge in [-0.1, -0.05) is 12.1 Å². The second kappa shape index (κ2) is 10.2. The van der Waals surface area contributed by atoms with Crippen molar-refractivity contribution in [3.05, 3.63) is 64.2 Å². The second-order valence-electron chi connectivity index (χ2n) is 8.73. The van der Waals surface area contributed by atoms with Gasteiger partial charge in [-0.15, -0.1) is 0 Å². The first-order valence-corrected chi connectivity index (χ1v) is 12.4. The predicted octanol–water partition coefficient (Wildman–Crippen LogP) is 3.35. The van der Waals surface area contributed by atoms with Crippen LogP contribution < -0.4 is 10.1 Å². The number of nitrogens with zero attached hydrogens (tertiary/aromatic N) is 4. The van der Waals surface area contributed by atoms with Gasteiger partial charge >= 0.3 is 6.18 Å². The molecule has 5 rings (SSSR count). The monoisotopic (exact) mass is 531 g/mol. The van der Waals surface area contributed by atoms with Crippen molar-refractivity contribution in [3.8, 4) is 5.75 Å². The first kappa shape index (κ1) is 25.3. The van der Waals surface area contributed by atoms with Gasteiger partial charge in [-0.2, -0.15) is 23.3 Å². The molecule has 0 radical (unpaired) electrons. The number of methoxy groups -OCH3 is 1. The molecule has 0 bridgehead atoms. The van der Waals surface area contributed by atoms with E-state index in [1.165, 1.54) is 35.7 Å². The number of fused-ring (bicyclic) bond motifs is 1. The summed E-state index contributed by atoms with van der Waals surface area (Å²) in [5.74, 6) is -0.190. The average molecular weight is 532 g/mol. The van der Waals surface area contributed by atoms with Crippen molar-refractivity contribution in [3.63, 3.8) is 0 Å². The van der Waals surface area contributed by atoms with E-state index in [9.17, 15) is 23.1 Å². The maximum atomic E-state index is 13.6. The van der Waals surface area contributed by atoms with Crippen molar-refractivity contribution in [2.24, 2.45) is 4.99 Å². The Balaban J connectivity index is 1.35. The van der Waals surface area contributed by atoms with Crippen LogP contribution in [0, 0.1) is 0 Å². The molecule has 8 nitrogen and oxygen atoms in total. The van der Waals surface area contributed by atoms with Crippen molar-refractivity contribution in [2.75, 3.05) is 33.4 Å². The predicted molar refractivity (Wildman–Crippen MR) is 135 cm³/mol. The molecule has 1 atom stereocenters. The van der Waals surface area contributed by atoms with E-state index in [0.29, 0.717) is 35.2 Å². The lowest BCUT2D eigenvalue weighted by atomic mass is 10.1. The molecular formula is C25H24F3N5O3S. The summed E-state index contributed by atoms with van der Waals surface area (Å²) in [4.78, 5) is 19.2. The normalized spacial score (nSPS) is 19.6. The van der Waals surface area contributed by atoms with Crippen LogP contribution in [-0.2, 0) is 17.5 Å². The van der Waals surface area contributed by atoms with Crippen molar-refractivity contribution < 1.29 is 27.8 Å². The van der Waals surface area contributed by atoms with Crippen LogP contribution in [0.2, 0.25) is 0 Å². The highest BCUT2D eigenvalue weighted by atomic mass is 32.2. The number of aliphatic imine (C=N–C) groups is 1. The first-order chi connectivity index (χ1) is 17.7. The number of aliphatic hydroxyl groups is 1. The molecule has 1 fully saturated rings. The van der Waals surface area contributed by atoms with Crippen LogP contribution in [0.1, 0.15) is 16.7 Å². The maximum absolute atomic E-state index is 13.6. The fourth-order valence-corrected chi connectivity index (χ4v) is 5.32. The molecule has 0 unspecified atom stereocenters. The minimum Gasteiger partial charge on any atom is -0.497 e. The summed E-state index contributed by atoms with van der Waals surface area (Å²) in [6.45, 7) is 1.90. The maximum Gasteiger partial charge on any atom is 0.416 e. The molecule has 2 aliphatic rings. The molecule has 194 valence electrons. The molecule has 3 heterocycles. The second-order valence-corrected chi connectivity index (χ2v) is 9.74. The number of carbonyl (C=O) groups excluding carboxylic acids is 1. The van der Waals surface area contributed by atoms with Gasteiger partial charge in [-0.25, -0.2) is 0 Å². The number of alkyl halides is 3. The van der Waals surface area contributed by atoms with Gasteiger partial charge in [-0.3, -0.25) is 9.48 Å². The van der Waals surface area contributed by atoms with Crippen LogP contribution in [0.4, 0.5) is 13.2 Å². The lowest BCUT2D eigenvalue weighted by Gasteiger charge is -2.33. The number of hydrogen-bond acceptors (Lipinski definition) is 7. The van der Waals surface area contributed by atoms with Gasteiger partial charge in [0.1, 0.15) is 5.75 Å². The number of ether oxygens (including phenoxy) is 1. The molecule has 2 aromatic carbocycles. The van der Waals surface area contributed by atoms with Crippen LogP contribution in [-0.4, -0.2) is 70.3 Å². The number of carbonyl (C=O) groups is 1. The average Bonchev–Trinajstić information content (AvgIpc) is 3.46. The molecular weight excluding hydrogens is 507 g/mol. The SMILES string of the molecule is COc1ccc(Cn2ncc3cc(C=C4SC(N5CCN[C@@H](CO)C5)=NC4=O)ccc32)c(C(F)(F)F)c1. The third-order valence-corrected chi connectivity index (χ3v) is 7.31. The van der Waals surface area contributed by atoms with Crippen molar-refractivity contribution in [1.29, 1.82) is 0 Å². The van der Waals surface area contributed by atoms with Gasteiger partial charge in [-0.05, 0) is 53.2 Å². The van der Waals surface area contributed by atoms with E-state index in [0.717, 1.165) is 17.0 Å². The van der Waals surface area contributed by atoms with Gasteiger partial charge in [0.25, 0.3) is 5.91 Å². The molecule has 2 N–H and O–H groups in total. The highest BCUT2D eigenvalue weighted by Gasteiger charge is 2.34. The standard InChI is InChI=1S/C25H24F3N5O3S/c1-36-19-4-3-16(20(10-19)25(26,27)28)12-33-21-5-2-15(8-17(21)11-30-33)9-22-23(35)31-24(37-22)32-7-6-29-18(13-32)14-34/h2-5,8-11,18,29,34H,6-7,12-14H2,1H3/t18-/m1/s1. The largest absolute Gasteiger partial charge is 0.497 e. The molecule has 1 saturated heterocycles. The molecule has 0 saturated carbocycles. The van der Waals surface area contributed by atoms with E-state index < -0.39 is 11.7 Å². The number of benzene rings is 2. The number of aliphatic hydroxyl groups excluding tert-OH is 1. The summed E-state index contributed by atoms with van der Waals surface area (Å²) in [7, 11) is 1.32. The third kappa shape index (κ3) is 5.36. The number of nitrogens with one attached hydrogen (secondary N) is 1. The Kier molecular flexibility index (Phi) is 6.97. The van der Waals surface area contributed by atoms with E-state index in [1.807, 2.05) is 11.0 Å². The zero-order valence-electron chi connectivity index (χ0n) is 19.8. The van der Waals surface area contributed by atoms with E-state index in [1.54, 1.807) is 24.4 Å². The van der Waals surface area contributed by atoms with Crippen LogP contribution in [0.25, 0.3) is 17.0 Å². The Bertz CT molecular complexity index is 1400. The van der Waals surface area contributed by atoms with E-state index in [4.69, 9.17) is 4.74 Å². The number of piperazine rings is 1. The summed E-state index contributed by atoms with van der Waals surface area (Å²) in [6, 6.07) is 9.23. The zero-order valence-corrected chi connectivity index (χ0v) is 20.6. The fourth-order valence-electron chi connectivity index (χ4n) is 4.37. The van der Waals surface area contributed by atoms with E-state index in [-0.39, 0.29) is 36.4 Å². The fraction of sp³-hybridized carbons (Fsp3) is 0.320. The molecule has 3 aromatic rings. The number of halogens is 3. The topological polar surface area (TPSA) is 92.0 Å². The zero-order chi connectivity index (χ0) is 26.2. The van der Waals surface area contributed by atoms with Gasteiger partial charge in [0, 0.05) is 31.1 Å². The summed E-state index contributed by atoms with van der Waals surface area (Å²) >= 11 is 1.29. The summed E-state index contributed by atoms with van der Waals surface area (Å²) < 4.78 is 47.3. The molecule has 0 aliphatic carbocycles. The number of rotatable bonds is 5. The number of amidine groups is 1. The number of aromatic nitrogens is 2. The summed E-state index contributed by atoms with van der Waals surface area (Å²) in [5.41, 5.74) is 0.746. The quantitative estimate of drug-likeness (QED) is 0.488. The van der Waals surface area contributed by atoms with Crippen LogP contribution in [0.5, 0.6) is 5.75 Å². The molecule has 37 heavy (non-hydrogen) atoms. The number of amides is 1. The van der Waals surface area contributed by atoms with Crippen molar-refractivity contribution >= 4 is 39.8 Å². The molecule has 0 spiro atoms. The number of thioether (sulfide) groups is 1. The van der Waals surface area contributed by atoms with E-state index in [2.05, 4.69) is 15.4 Å². The highest BCUT2D eigenvalue weighted by molar-refractivity contribution is 8.18. The van der Waals surface area contributed by atoms with Crippen LogP contribution in [0.3, 0.4) is 0 Å². The van der Waals surface area contributed by atoms with Crippen LogP contribution >= 0.6 is 11.8 Å². The number of hydrogen-bond donors (Lipinski definition) is 2. The van der Waals surface area contributed by atoms with E-state index >= 15 is 0 Å². The molecule has 12 heteroatoms. The smallest absolute Gasteiger partial charge is 0.416 e. The van der Waals surface area contributed by atoms with Gasteiger partial charge in [0.05, 0.1) is 42.4 Å². The minimum absolute atomic E-state index is 0.00870. The molecule has 1 amide bonds. The Hall–Kier alpha value is -3.35. The summed E-state index contributed by atoms with van der Waals surface area (Å²) in [6.07, 6.45) is -1.19. The Morgan fingerprint density at radius 3 is 2.86 bits per heavy atom. The lowest BCUT2D eigenvalue weighted by Crippen LogP contribution is -2.53. The molecule has 2 aliphatic heterocycles. The van der Waals surface area contributed by atoms with Crippen LogP contribution in [0.15, 0.2) is 52.5 Å². The molecule has 1 aromatic heterocycles. The Morgan fingerprint density at radius 1 is 1.27 bits per heavy atom. The Morgan fingerprint density at radius 2 is 2.11 bits per heavy atom. The Labute approximate surface area is 214 Å². The van der Waals surface area contributed by atoms with Gasteiger partial charge in [0.15, 0.2) is 5.17 Å². The first-order valence-electron chi connectivity index (χ1n) is 11.6. The van der Waals surface area contributed by atoms with Gasteiger partial charge < -0.3 is 20.1 Å². The van der Waals surface area contributed by atoms with Crippen molar-refractivity contribution in [1.82, 2.24) is 20.0 Å². The van der Waals surface area contributed by atoms with Gasteiger partial charge in [0.2, 0.25) is 0 Å². The minimum atomic E-state index is -4.53. The third-order valence-electron chi connectivity index (χ3n) is 6.26.